The van der Waals surface area contributed by atoms with Crippen molar-refractivity contribution in [2.75, 3.05) is 5.32 Å². The molecular formula is C19H19N5O2. The van der Waals surface area contributed by atoms with Gasteiger partial charge in [-0.05, 0) is 43.7 Å². The lowest BCUT2D eigenvalue weighted by Gasteiger charge is -2.15. The molecule has 0 unspecified atom stereocenters. The molecule has 1 atom stereocenters. The number of pyridine rings is 1. The summed E-state index contributed by atoms with van der Waals surface area (Å²) in [5.74, 6) is -0.530. The molecule has 2 heterocycles. The highest BCUT2D eigenvalue weighted by Gasteiger charge is 2.17. The monoisotopic (exact) mass is 349 g/mol. The van der Waals surface area contributed by atoms with Crippen LogP contribution in [0.3, 0.4) is 0 Å². The molecule has 7 heteroatoms. The Hall–Kier alpha value is -3.48. The number of hydrogen-bond donors (Lipinski definition) is 2. The molecule has 0 aliphatic heterocycles. The summed E-state index contributed by atoms with van der Waals surface area (Å²) >= 11 is 0. The highest BCUT2D eigenvalue weighted by atomic mass is 16.2. The molecule has 7 nitrogen and oxygen atoms in total. The lowest BCUT2D eigenvalue weighted by molar-refractivity contribution is -0.136. The summed E-state index contributed by atoms with van der Waals surface area (Å²) in [5.41, 5.74) is 2.35. The zero-order chi connectivity index (χ0) is 18.5. The molecule has 0 fully saturated rings. The first-order valence-corrected chi connectivity index (χ1v) is 8.17. The Balaban J connectivity index is 1.62. The summed E-state index contributed by atoms with van der Waals surface area (Å²) in [6, 6.07) is 10.8. The first-order valence-electron chi connectivity index (χ1n) is 8.17. The molecule has 1 aromatic carbocycles. The highest BCUT2D eigenvalue weighted by molar-refractivity contribution is 6.39. The number of carbonyl (C=O) groups is 2. The average Bonchev–Trinajstić information content (AvgIpc) is 3.08. The van der Waals surface area contributed by atoms with Crippen LogP contribution >= 0.6 is 0 Å². The van der Waals surface area contributed by atoms with Crippen LogP contribution in [0.25, 0.3) is 5.69 Å². The molecule has 3 aromatic rings. The number of imidazole rings is 1. The fraction of sp³-hybridized carbons (Fsp3) is 0.158. The maximum Gasteiger partial charge on any atom is 0.313 e. The summed E-state index contributed by atoms with van der Waals surface area (Å²) in [6.07, 6.45) is 6.70. The van der Waals surface area contributed by atoms with Crippen molar-refractivity contribution in [3.8, 4) is 5.69 Å². The second kappa shape index (κ2) is 7.60. The second-order valence-electron chi connectivity index (χ2n) is 5.83. The van der Waals surface area contributed by atoms with Crippen LogP contribution in [0.5, 0.6) is 0 Å². The number of aryl methyl sites for hydroxylation is 1. The number of carbonyl (C=O) groups excluding carboxylic acids is 2. The third-order valence-corrected chi connectivity index (χ3v) is 3.97. The van der Waals surface area contributed by atoms with E-state index in [1.807, 2.05) is 48.9 Å². The topological polar surface area (TPSA) is 88.9 Å². The zero-order valence-electron chi connectivity index (χ0n) is 14.5. The first-order chi connectivity index (χ1) is 12.5. The van der Waals surface area contributed by atoms with Gasteiger partial charge >= 0.3 is 11.8 Å². The largest absolute Gasteiger partial charge is 0.341 e. The second-order valence-corrected chi connectivity index (χ2v) is 5.83. The van der Waals surface area contributed by atoms with Crippen LogP contribution in [0.15, 0.2) is 61.2 Å². The molecular weight excluding hydrogens is 330 g/mol. The molecule has 0 radical (unpaired) electrons. The maximum atomic E-state index is 12.1. The molecule has 132 valence electrons. The van der Waals surface area contributed by atoms with Gasteiger partial charge in [0.25, 0.3) is 0 Å². The minimum atomic E-state index is -0.726. The normalized spacial score (nSPS) is 11.6. The van der Waals surface area contributed by atoms with Gasteiger partial charge in [-0.1, -0.05) is 12.1 Å². The predicted octanol–water partition coefficient (Wildman–Crippen LogP) is 2.39. The van der Waals surface area contributed by atoms with E-state index < -0.39 is 11.8 Å². The molecule has 0 aliphatic rings. The van der Waals surface area contributed by atoms with Crippen molar-refractivity contribution in [1.82, 2.24) is 19.9 Å². The van der Waals surface area contributed by atoms with E-state index in [4.69, 9.17) is 0 Å². The number of anilines is 1. The smallest absolute Gasteiger partial charge is 0.313 e. The Labute approximate surface area is 151 Å². The fourth-order valence-corrected chi connectivity index (χ4v) is 2.54. The number of rotatable bonds is 4. The summed E-state index contributed by atoms with van der Waals surface area (Å²) in [4.78, 5) is 32.1. The number of aromatic nitrogens is 3. The molecule has 3 rings (SSSR count). The zero-order valence-corrected chi connectivity index (χ0v) is 14.5. The third-order valence-electron chi connectivity index (χ3n) is 3.97. The molecule has 0 spiro atoms. The van der Waals surface area contributed by atoms with E-state index in [1.54, 1.807) is 24.5 Å². The van der Waals surface area contributed by atoms with Gasteiger partial charge in [-0.25, -0.2) is 4.98 Å². The van der Waals surface area contributed by atoms with E-state index in [1.165, 1.54) is 6.20 Å². The van der Waals surface area contributed by atoms with Crippen molar-refractivity contribution >= 4 is 17.5 Å². The maximum absolute atomic E-state index is 12.1. The van der Waals surface area contributed by atoms with E-state index in [-0.39, 0.29) is 6.04 Å². The van der Waals surface area contributed by atoms with Crippen LogP contribution in [0, 0.1) is 6.92 Å². The highest BCUT2D eigenvalue weighted by Crippen LogP contribution is 2.16. The van der Waals surface area contributed by atoms with E-state index in [9.17, 15) is 9.59 Å². The Morgan fingerprint density at radius 2 is 1.85 bits per heavy atom. The van der Waals surface area contributed by atoms with Crippen LogP contribution in [-0.2, 0) is 9.59 Å². The van der Waals surface area contributed by atoms with Gasteiger partial charge in [-0.3, -0.25) is 14.6 Å². The number of nitrogens with zero attached hydrogens (tertiary/aromatic N) is 3. The van der Waals surface area contributed by atoms with Gasteiger partial charge in [0.1, 0.15) is 5.82 Å². The van der Waals surface area contributed by atoms with Gasteiger partial charge in [0.15, 0.2) is 0 Å². The van der Waals surface area contributed by atoms with Crippen LogP contribution in [0.1, 0.15) is 24.4 Å². The average molecular weight is 349 g/mol. The van der Waals surface area contributed by atoms with Gasteiger partial charge < -0.3 is 15.2 Å². The SMILES string of the molecule is Cc1nccn1-c1ccc([C@@H](C)NC(=O)C(=O)Nc2cccnc2)cc1. The van der Waals surface area contributed by atoms with Crippen molar-refractivity contribution in [2.45, 2.75) is 19.9 Å². The first kappa shape index (κ1) is 17.3. The molecule has 0 aliphatic carbocycles. The van der Waals surface area contributed by atoms with Gasteiger partial charge in [0, 0.05) is 24.3 Å². The van der Waals surface area contributed by atoms with E-state index in [2.05, 4.69) is 20.6 Å². The van der Waals surface area contributed by atoms with E-state index >= 15 is 0 Å². The van der Waals surface area contributed by atoms with Crippen LogP contribution in [0.2, 0.25) is 0 Å². The molecule has 26 heavy (non-hydrogen) atoms. The number of nitrogens with one attached hydrogen (secondary N) is 2. The minimum Gasteiger partial charge on any atom is -0.341 e. The van der Waals surface area contributed by atoms with Crippen molar-refractivity contribution in [3.05, 3.63) is 72.6 Å². The molecule has 2 N–H and O–H groups in total. The minimum absolute atomic E-state index is 0.305. The van der Waals surface area contributed by atoms with Gasteiger partial charge in [-0.2, -0.15) is 0 Å². The number of hydrogen-bond acceptors (Lipinski definition) is 4. The summed E-state index contributed by atoms with van der Waals surface area (Å²) < 4.78 is 1.97. The number of benzene rings is 1. The molecule has 0 saturated carbocycles. The fourth-order valence-electron chi connectivity index (χ4n) is 2.54. The summed E-state index contributed by atoms with van der Waals surface area (Å²) in [7, 11) is 0. The van der Waals surface area contributed by atoms with Gasteiger partial charge in [-0.15, -0.1) is 0 Å². The lowest BCUT2D eigenvalue weighted by Crippen LogP contribution is -2.36. The van der Waals surface area contributed by atoms with Crippen molar-refractivity contribution < 1.29 is 9.59 Å². The van der Waals surface area contributed by atoms with Crippen molar-refractivity contribution in [3.63, 3.8) is 0 Å². The predicted molar refractivity (Wildman–Crippen MR) is 97.7 cm³/mol. The van der Waals surface area contributed by atoms with Gasteiger partial charge in [0.2, 0.25) is 0 Å². The van der Waals surface area contributed by atoms with E-state index in [0.717, 1.165) is 17.1 Å². The molecule has 2 amide bonds. The van der Waals surface area contributed by atoms with Crippen molar-refractivity contribution in [1.29, 1.82) is 0 Å². The van der Waals surface area contributed by atoms with Gasteiger partial charge in [0.05, 0.1) is 17.9 Å². The Morgan fingerprint density at radius 1 is 1.08 bits per heavy atom. The standard InChI is InChI=1S/C19H19N5O2/c1-13(22-18(25)19(26)23-16-4-3-9-20-12-16)15-5-7-17(8-6-15)24-11-10-21-14(24)2/h3-13H,1-2H3,(H,22,25)(H,23,26)/t13-/m1/s1. The lowest BCUT2D eigenvalue weighted by atomic mass is 10.1. The number of amides is 2. The summed E-state index contributed by atoms with van der Waals surface area (Å²) in [6.45, 7) is 3.75. The molecule has 2 aromatic heterocycles. The van der Waals surface area contributed by atoms with Crippen molar-refractivity contribution in [2.24, 2.45) is 0 Å². The van der Waals surface area contributed by atoms with Crippen LogP contribution in [0.4, 0.5) is 5.69 Å². The van der Waals surface area contributed by atoms with Crippen LogP contribution in [-0.4, -0.2) is 26.3 Å². The van der Waals surface area contributed by atoms with Crippen LogP contribution < -0.4 is 10.6 Å². The quantitative estimate of drug-likeness (QED) is 0.708. The third kappa shape index (κ3) is 3.94. The Kier molecular flexibility index (Phi) is 5.07. The van der Waals surface area contributed by atoms with E-state index in [0.29, 0.717) is 5.69 Å². The Morgan fingerprint density at radius 3 is 2.46 bits per heavy atom. The Bertz CT molecular complexity index is 903. The molecule has 0 saturated heterocycles. The summed E-state index contributed by atoms with van der Waals surface area (Å²) in [5, 5.41) is 5.20. The molecule has 0 bridgehead atoms.